The zero-order chi connectivity index (χ0) is 14.7. The Balaban J connectivity index is 2.12. The first-order valence-electron chi connectivity index (χ1n) is 6.30. The van der Waals surface area contributed by atoms with Crippen LogP contribution in [0, 0.1) is 13.8 Å². The van der Waals surface area contributed by atoms with Crippen LogP contribution in [0.3, 0.4) is 0 Å². The molecule has 0 saturated carbocycles. The third-order valence-electron chi connectivity index (χ3n) is 3.15. The highest BCUT2D eigenvalue weighted by molar-refractivity contribution is 7.83. The average Bonchev–Trinajstić information content (AvgIpc) is 2.70. The predicted octanol–water partition coefficient (Wildman–Crippen LogP) is 3.17. The molecule has 0 radical (unpaired) electrons. The number of benzene rings is 1. The Hall–Kier alpha value is -1.33. The fourth-order valence-corrected chi connectivity index (χ4v) is 2.98. The Kier molecular flexibility index (Phi) is 4.83. The highest BCUT2D eigenvalue weighted by Gasteiger charge is 2.07. The van der Waals surface area contributed by atoms with Gasteiger partial charge in [0.05, 0.1) is 5.69 Å². The Morgan fingerprint density at radius 3 is 2.75 bits per heavy atom. The molecule has 1 atom stereocenters. The summed E-state index contributed by atoms with van der Waals surface area (Å²) in [7, 11) is -0.903. The Morgan fingerprint density at radius 2 is 2.15 bits per heavy atom. The smallest absolute Gasteiger partial charge is 0.0643 e. The lowest BCUT2D eigenvalue weighted by molar-refractivity contribution is 0.686. The lowest BCUT2D eigenvalue weighted by Gasteiger charge is -2.10. The van der Waals surface area contributed by atoms with Crippen molar-refractivity contribution in [1.82, 2.24) is 10.2 Å². The molecule has 0 bridgehead atoms. The largest absolute Gasteiger partial charge is 0.381 e. The lowest BCUT2D eigenvalue weighted by Crippen LogP contribution is -2.02. The summed E-state index contributed by atoms with van der Waals surface area (Å²) in [4.78, 5) is 0. The van der Waals surface area contributed by atoms with Gasteiger partial charge in [0.1, 0.15) is 0 Å². The van der Waals surface area contributed by atoms with Crippen LogP contribution in [-0.4, -0.2) is 20.7 Å². The quantitative estimate of drug-likeness (QED) is 0.891. The molecular weight excluding hydrogens is 294 g/mol. The van der Waals surface area contributed by atoms with Gasteiger partial charge in [-0.1, -0.05) is 11.6 Å². The maximum absolute atomic E-state index is 11.3. The molecule has 0 spiro atoms. The van der Waals surface area contributed by atoms with E-state index in [-0.39, 0.29) is 0 Å². The standard InChI is InChI=1S/C14H18ClN3OS/c1-9-13(10(2)18-17-9)7-16-12-4-5-14(15)11(6-12)8-20(3)19/h4-6,16H,7-8H2,1-3H3,(H,17,18)/t20-/m1/s1. The molecule has 1 aromatic carbocycles. The van der Waals surface area contributed by atoms with Gasteiger partial charge in [0.2, 0.25) is 0 Å². The van der Waals surface area contributed by atoms with Crippen LogP contribution in [-0.2, 0) is 23.1 Å². The summed E-state index contributed by atoms with van der Waals surface area (Å²) < 4.78 is 11.3. The molecule has 0 saturated heterocycles. The van der Waals surface area contributed by atoms with E-state index in [1.165, 1.54) is 5.56 Å². The van der Waals surface area contributed by atoms with Gasteiger partial charge in [-0.25, -0.2) is 0 Å². The molecule has 0 aliphatic heterocycles. The summed E-state index contributed by atoms with van der Waals surface area (Å²) in [5.41, 5.74) is 5.10. The van der Waals surface area contributed by atoms with Gasteiger partial charge in [-0.05, 0) is 37.6 Å². The van der Waals surface area contributed by atoms with Gasteiger partial charge in [0.15, 0.2) is 0 Å². The van der Waals surface area contributed by atoms with Crippen molar-refractivity contribution in [1.29, 1.82) is 0 Å². The van der Waals surface area contributed by atoms with Crippen LogP contribution in [0.15, 0.2) is 18.2 Å². The molecule has 2 aromatic rings. The molecule has 0 amide bonds. The van der Waals surface area contributed by atoms with Gasteiger partial charge in [-0.3, -0.25) is 9.31 Å². The molecular formula is C14H18ClN3OS. The summed E-state index contributed by atoms with van der Waals surface area (Å²) in [6.07, 6.45) is 1.68. The number of hydrogen-bond donors (Lipinski definition) is 2. The second-order valence-electron chi connectivity index (χ2n) is 4.79. The first-order chi connectivity index (χ1) is 9.47. The fraction of sp³-hybridized carbons (Fsp3) is 0.357. The van der Waals surface area contributed by atoms with Crippen LogP contribution in [0.2, 0.25) is 5.02 Å². The van der Waals surface area contributed by atoms with Crippen LogP contribution in [0.1, 0.15) is 22.5 Å². The van der Waals surface area contributed by atoms with E-state index in [2.05, 4.69) is 15.5 Å². The van der Waals surface area contributed by atoms with Crippen molar-refractivity contribution in [2.75, 3.05) is 11.6 Å². The number of aryl methyl sites for hydroxylation is 2. The number of anilines is 1. The monoisotopic (exact) mass is 311 g/mol. The maximum Gasteiger partial charge on any atom is 0.0643 e. The SMILES string of the molecule is Cc1n[nH]c(C)c1CNc1ccc(Cl)c(C[S@@](C)=O)c1. The van der Waals surface area contributed by atoms with E-state index >= 15 is 0 Å². The molecule has 1 heterocycles. The van der Waals surface area contributed by atoms with Crippen LogP contribution >= 0.6 is 11.6 Å². The van der Waals surface area contributed by atoms with Gasteiger partial charge in [-0.15, -0.1) is 0 Å². The lowest BCUT2D eigenvalue weighted by atomic mass is 10.2. The minimum atomic E-state index is -0.903. The summed E-state index contributed by atoms with van der Waals surface area (Å²) in [6.45, 7) is 4.68. The second-order valence-corrected chi connectivity index (χ2v) is 6.63. The Bertz CT molecular complexity index is 620. The number of aromatic nitrogens is 2. The minimum absolute atomic E-state index is 0.470. The Labute approximate surface area is 126 Å². The van der Waals surface area contributed by atoms with Gasteiger partial charge >= 0.3 is 0 Å². The molecule has 0 unspecified atom stereocenters. The van der Waals surface area contributed by atoms with E-state index < -0.39 is 10.8 Å². The first kappa shape index (κ1) is 15.1. The van der Waals surface area contributed by atoms with E-state index in [4.69, 9.17) is 11.6 Å². The number of nitrogens with zero attached hydrogens (tertiary/aromatic N) is 1. The topological polar surface area (TPSA) is 57.8 Å². The molecule has 0 aliphatic carbocycles. The van der Waals surface area contributed by atoms with E-state index in [1.807, 2.05) is 32.0 Å². The molecule has 4 nitrogen and oxygen atoms in total. The average molecular weight is 312 g/mol. The van der Waals surface area contributed by atoms with E-state index in [0.717, 1.165) is 22.6 Å². The highest BCUT2D eigenvalue weighted by Crippen LogP contribution is 2.22. The number of rotatable bonds is 5. The van der Waals surface area contributed by atoms with Gasteiger partial charge in [-0.2, -0.15) is 5.10 Å². The van der Waals surface area contributed by atoms with Crippen molar-refractivity contribution in [3.63, 3.8) is 0 Å². The third-order valence-corrected chi connectivity index (χ3v) is 4.24. The van der Waals surface area contributed by atoms with Crippen molar-refractivity contribution in [2.45, 2.75) is 26.1 Å². The molecule has 6 heteroatoms. The molecule has 108 valence electrons. The number of nitrogens with one attached hydrogen (secondary N) is 2. The van der Waals surface area contributed by atoms with Crippen molar-refractivity contribution in [3.8, 4) is 0 Å². The molecule has 0 fully saturated rings. The van der Waals surface area contributed by atoms with E-state index in [0.29, 0.717) is 17.3 Å². The summed E-state index contributed by atoms with van der Waals surface area (Å²) in [6, 6.07) is 5.71. The van der Waals surface area contributed by atoms with E-state index in [1.54, 1.807) is 6.26 Å². The van der Waals surface area contributed by atoms with Gasteiger partial charge in [0, 0.05) is 51.3 Å². The first-order valence-corrected chi connectivity index (χ1v) is 8.40. The third kappa shape index (κ3) is 3.61. The predicted molar refractivity (Wildman–Crippen MR) is 84.6 cm³/mol. The molecule has 20 heavy (non-hydrogen) atoms. The van der Waals surface area contributed by atoms with Crippen LogP contribution in [0.5, 0.6) is 0 Å². The van der Waals surface area contributed by atoms with Crippen molar-refractivity contribution >= 4 is 28.1 Å². The zero-order valence-electron chi connectivity index (χ0n) is 11.8. The summed E-state index contributed by atoms with van der Waals surface area (Å²) >= 11 is 6.11. The number of hydrogen-bond acceptors (Lipinski definition) is 3. The second kappa shape index (κ2) is 6.41. The summed E-state index contributed by atoms with van der Waals surface area (Å²) in [5, 5.41) is 11.1. The highest BCUT2D eigenvalue weighted by atomic mass is 35.5. The number of H-pyrrole nitrogens is 1. The maximum atomic E-state index is 11.3. The zero-order valence-corrected chi connectivity index (χ0v) is 13.4. The number of aromatic amines is 1. The molecule has 2 N–H and O–H groups in total. The number of halogens is 1. The Morgan fingerprint density at radius 1 is 1.40 bits per heavy atom. The van der Waals surface area contributed by atoms with Crippen molar-refractivity contribution in [3.05, 3.63) is 45.7 Å². The van der Waals surface area contributed by atoms with Gasteiger partial charge in [0.25, 0.3) is 0 Å². The molecule has 0 aliphatic rings. The van der Waals surface area contributed by atoms with Crippen molar-refractivity contribution < 1.29 is 4.21 Å². The van der Waals surface area contributed by atoms with Crippen LogP contribution in [0.25, 0.3) is 0 Å². The minimum Gasteiger partial charge on any atom is -0.381 e. The normalized spacial score (nSPS) is 12.4. The van der Waals surface area contributed by atoms with E-state index in [9.17, 15) is 4.21 Å². The van der Waals surface area contributed by atoms with Gasteiger partial charge < -0.3 is 5.32 Å². The summed E-state index contributed by atoms with van der Waals surface area (Å²) in [5.74, 6) is 0.470. The molecule has 2 rings (SSSR count). The van der Waals surface area contributed by atoms with Crippen LogP contribution < -0.4 is 5.32 Å². The van der Waals surface area contributed by atoms with Crippen molar-refractivity contribution in [2.24, 2.45) is 0 Å². The van der Waals surface area contributed by atoms with Crippen LogP contribution in [0.4, 0.5) is 5.69 Å². The molecule has 1 aromatic heterocycles. The fourth-order valence-electron chi connectivity index (χ4n) is 2.04.